The smallest absolute Gasteiger partial charge is 0.326 e. The first kappa shape index (κ1) is 14.4. The first-order chi connectivity index (χ1) is 8.54. The average Bonchev–Trinajstić information content (AvgIpc) is 2.38. The van der Waals surface area contributed by atoms with Gasteiger partial charge in [0.05, 0.1) is 26.1 Å². The Labute approximate surface area is 104 Å². The Hall–Kier alpha value is -1.63. The second kappa shape index (κ2) is 6.95. The van der Waals surface area contributed by atoms with Gasteiger partial charge in [0.1, 0.15) is 6.04 Å². The fourth-order valence-electron chi connectivity index (χ4n) is 1.69. The third-order valence-electron chi connectivity index (χ3n) is 2.74. The molecule has 0 saturated carbocycles. The van der Waals surface area contributed by atoms with Crippen LogP contribution in [0.5, 0.6) is 0 Å². The number of nitrogens with one attached hydrogen (secondary N) is 1. The summed E-state index contributed by atoms with van der Waals surface area (Å²) in [5.74, 6) is -2.68. The van der Waals surface area contributed by atoms with Crippen molar-refractivity contribution < 1.29 is 29.0 Å². The van der Waals surface area contributed by atoms with Crippen LogP contribution in [-0.4, -0.2) is 49.3 Å². The lowest BCUT2D eigenvalue weighted by atomic mass is 10.0. The molecule has 1 fully saturated rings. The van der Waals surface area contributed by atoms with Crippen molar-refractivity contribution in [2.45, 2.75) is 25.3 Å². The second-order valence-corrected chi connectivity index (χ2v) is 4.09. The van der Waals surface area contributed by atoms with E-state index in [1.165, 1.54) is 0 Å². The van der Waals surface area contributed by atoms with Crippen molar-refractivity contribution in [1.82, 2.24) is 5.32 Å². The summed E-state index contributed by atoms with van der Waals surface area (Å²) >= 11 is 0. The van der Waals surface area contributed by atoms with Crippen molar-refractivity contribution >= 4 is 17.8 Å². The number of carboxylic acids is 1. The largest absolute Gasteiger partial charge is 0.480 e. The predicted molar refractivity (Wildman–Crippen MR) is 59.7 cm³/mol. The van der Waals surface area contributed by atoms with Crippen LogP contribution in [0, 0.1) is 5.92 Å². The summed E-state index contributed by atoms with van der Waals surface area (Å²) in [7, 11) is 1.16. The number of carboxylic acid groups (broad SMARTS) is 1. The molecule has 0 aliphatic carbocycles. The Morgan fingerprint density at radius 1 is 1.50 bits per heavy atom. The molecule has 2 N–H and O–H groups in total. The van der Waals surface area contributed by atoms with Crippen molar-refractivity contribution in [3.63, 3.8) is 0 Å². The van der Waals surface area contributed by atoms with E-state index in [-0.39, 0.29) is 18.9 Å². The maximum atomic E-state index is 11.8. The molecule has 2 atom stereocenters. The van der Waals surface area contributed by atoms with Gasteiger partial charge in [-0.1, -0.05) is 0 Å². The summed E-state index contributed by atoms with van der Waals surface area (Å²) in [5, 5.41) is 11.2. The zero-order chi connectivity index (χ0) is 13.5. The van der Waals surface area contributed by atoms with Gasteiger partial charge in [-0.05, 0) is 12.8 Å². The summed E-state index contributed by atoms with van der Waals surface area (Å²) < 4.78 is 9.53. The van der Waals surface area contributed by atoms with Crippen LogP contribution in [0.3, 0.4) is 0 Å². The standard InChI is InChI=1S/C11H17NO6/c1-17-9(13)5-8(11(15)16)12-10(14)7-3-2-4-18-6-7/h7-8H,2-6H2,1H3,(H,12,14)(H,15,16)/t7?,8-/m0/s1. The van der Waals surface area contributed by atoms with E-state index in [0.29, 0.717) is 13.0 Å². The van der Waals surface area contributed by atoms with E-state index >= 15 is 0 Å². The number of carbonyl (C=O) groups is 3. The maximum absolute atomic E-state index is 11.8. The number of hydrogen-bond donors (Lipinski definition) is 2. The highest BCUT2D eigenvalue weighted by atomic mass is 16.5. The number of rotatable bonds is 5. The Morgan fingerprint density at radius 2 is 2.22 bits per heavy atom. The Morgan fingerprint density at radius 3 is 2.72 bits per heavy atom. The van der Waals surface area contributed by atoms with Gasteiger partial charge in [0.25, 0.3) is 0 Å². The minimum Gasteiger partial charge on any atom is -0.480 e. The summed E-state index contributed by atoms with van der Waals surface area (Å²) in [5.41, 5.74) is 0. The normalized spacial score (nSPS) is 20.8. The SMILES string of the molecule is COC(=O)C[C@H](NC(=O)C1CCCOC1)C(=O)O. The monoisotopic (exact) mass is 259 g/mol. The quantitative estimate of drug-likeness (QED) is 0.648. The number of carbonyl (C=O) groups excluding carboxylic acids is 2. The molecule has 1 heterocycles. The summed E-state index contributed by atoms with van der Waals surface area (Å²) in [6.07, 6.45) is 1.05. The van der Waals surface area contributed by atoms with Crippen molar-refractivity contribution in [2.75, 3.05) is 20.3 Å². The number of hydrogen-bond acceptors (Lipinski definition) is 5. The Balaban J connectivity index is 2.51. The van der Waals surface area contributed by atoms with Crippen LogP contribution in [0.1, 0.15) is 19.3 Å². The molecule has 1 unspecified atom stereocenters. The van der Waals surface area contributed by atoms with E-state index in [2.05, 4.69) is 10.1 Å². The number of ether oxygens (including phenoxy) is 2. The molecule has 0 bridgehead atoms. The van der Waals surface area contributed by atoms with Crippen LogP contribution < -0.4 is 5.32 Å². The molecule has 1 aliphatic heterocycles. The van der Waals surface area contributed by atoms with Gasteiger partial charge in [0.15, 0.2) is 0 Å². The van der Waals surface area contributed by atoms with E-state index in [0.717, 1.165) is 13.5 Å². The van der Waals surface area contributed by atoms with E-state index in [1.807, 2.05) is 0 Å². The maximum Gasteiger partial charge on any atom is 0.326 e. The molecular formula is C11H17NO6. The fourth-order valence-corrected chi connectivity index (χ4v) is 1.69. The molecule has 0 aromatic heterocycles. The molecule has 1 saturated heterocycles. The third-order valence-corrected chi connectivity index (χ3v) is 2.74. The highest BCUT2D eigenvalue weighted by Crippen LogP contribution is 2.14. The lowest BCUT2D eigenvalue weighted by molar-refractivity contribution is -0.149. The molecular weight excluding hydrogens is 242 g/mol. The molecule has 0 radical (unpaired) electrons. The van der Waals surface area contributed by atoms with Gasteiger partial charge >= 0.3 is 11.9 Å². The lowest BCUT2D eigenvalue weighted by Crippen LogP contribution is -2.46. The van der Waals surface area contributed by atoms with E-state index in [1.54, 1.807) is 0 Å². The molecule has 1 amide bonds. The summed E-state index contributed by atoms with van der Waals surface area (Å²) in [6, 6.07) is -1.26. The number of aliphatic carboxylic acids is 1. The van der Waals surface area contributed by atoms with Crippen molar-refractivity contribution in [3.05, 3.63) is 0 Å². The van der Waals surface area contributed by atoms with Gasteiger partial charge in [-0.2, -0.15) is 0 Å². The van der Waals surface area contributed by atoms with Crippen LogP contribution >= 0.6 is 0 Å². The van der Waals surface area contributed by atoms with Gasteiger partial charge in [-0.3, -0.25) is 9.59 Å². The van der Waals surface area contributed by atoms with Gasteiger partial charge in [-0.15, -0.1) is 0 Å². The molecule has 18 heavy (non-hydrogen) atoms. The first-order valence-electron chi connectivity index (χ1n) is 5.72. The van der Waals surface area contributed by atoms with Crippen LogP contribution in [0.15, 0.2) is 0 Å². The molecule has 1 aliphatic rings. The minimum absolute atomic E-state index is 0.288. The minimum atomic E-state index is -1.26. The zero-order valence-electron chi connectivity index (χ0n) is 10.2. The molecule has 0 aromatic carbocycles. The van der Waals surface area contributed by atoms with Crippen LogP contribution in [-0.2, 0) is 23.9 Å². The van der Waals surface area contributed by atoms with Gasteiger partial charge in [0, 0.05) is 6.61 Å². The third kappa shape index (κ3) is 4.33. The van der Waals surface area contributed by atoms with Gasteiger partial charge < -0.3 is 19.9 Å². The fraction of sp³-hybridized carbons (Fsp3) is 0.727. The lowest BCUT2D eigenvalue weighted by Gasteiger charge is -2.23. The van der Waals surface area contributed by atoms with Crippen molar-refractivity contribution in [2.24, 2.45) is 5.92 Å². The van der Waals surface area contributed by atoms with E-state index < -0.39 is 23.9 Å². The molecule has 7 heteroatoms. The van der Waals surface area contributed by atoms with Gasteiger partial charge in [0.2, 0.25) is 5.91 Å². The van der Waals surface area contributed by atoms with Crippen LogP contribution in [0.4, 0.5) is 0 Å². The molecule has 7 nitrogen and oxygen atoms in total. The van der Waals surface area contributed by atoms with Crippen LogP contribution in [0.2, 0.25) is 0 Å². The van der Waals surface area contributed by atoms with E-state index in [9.17, 15) is 14.4 Å². The Bertz CT molecular complexity index is 323. The zero-order valence-corrected chi connectivity index (χ0v) is 10.2. The van der Waals surface area contributed by atoms with Crippen molar-refractivity contribution in [3.8, 4) is 0 Å². The van der Waals surface area contributed by atoms with Crippen molar-refractivity contribution in [1.29, 1.82) is 0 Å². The molecule has 0 spiro atoms. The van der Waals surface area contributed by atoms with Crippen LogP contribution in [0.25, 0.3) is 0 Å². The average molecular weight is 259 g/mol. The highest BCUT2D eigenvalue weighted by molar-refractivity contribution is 5.88. The molecule has 102 valence electrons. The topological polar surface area (TPSA) is 102 Å². The number of amides is 1. The summed E-state index contributed by atoms with van der Waals surface area (Å²) in [4.78, 5) is 33.7. The van der Waals surface area contributed by atoms with Gasteiger partial charge in [-0.25, -0.2) is 4.79 Å². The first-order valence-corrected chi connectivity index (χ1v) is 5.72. The second-order valence-electron chi connectivity index (χ2n) is 4.09. The predicted octanol–water partition coefficient (Wildman–Crippen LogP) is -0.454. The Kier molecular flexibility index (Phi) is 5.57. The highest BCUT2D eigenvalue weighted by Gasteiger charge is 2.28. The van der Waals surface area contributed by atoms with E-state index in [4.69, 9.17) is 9.84 Å². The molecule has 1 rings (SSSR count). The number of methoxy groups -OCH3 is 1. The summed E-state index contributed by atoms with van der Waals surface area (Å²) in [6.45, 7) is 0.907. The molecule has 0 aromatic rings. The number of esters is 1.